The van der Waals surface area contributed by atoms with Crippen LogP contribution in [0.25, 0.3) is 6.08 Å². The quantitative estimate of drug-likeness (QED) is 0.811. The van der Waals surface area contributed by atoms with Crippen molar-refractivity contribution in [3.8, 4) is 0 Å². The number of anilines is 1. The Morgan fingerprint density at radius 2 is 2.00 bits per heavy atom. The number of carboxylic acids is 1. The number of amides is 2. The molecule has 1 saturated heterocycles. The number of carbonyl (C=O) groups excluding carboxylic acids is 2. The lowest BCUT2D eigenvalue weighted by Gasteiger charge is -2.15. The molecule has 1 aromatic rings. The van der Waals surface area contributed by atoms with Crippen molar-refractivity contribution >= 4 is 29.5 Å². The van der Waals surface area contributed by atoms with Gasteiger partial charge in [0.15, 0.2) is 0 Å². The molecule has 1 fully saturated rings. The van der Waals surface area contributed by atoms with E-state index in [1.165, 1.54) is 11.0 Å². The van der Waals surface area contributed by atoms with E-state index < -0.39 is 5.97 Å². The Kier molecular flexibility index (Phi) is 5.51. The maximum Gasteiger partial charge on any atom is 0.305 e. The molecule has 0 bridgehead atoms. The molecule has 0 radical (unpaired) electrons. The minimum absolute atomic E-state index is 0.0748. The third-order valence-corrected chi connectivity index (χ3v) is 3.73. The van der Waals surface area contributed by atoms with Gasteiger partial charge in [-0.3, -0.25) is 14.4 Å². The number of aliphatic carboxylic acids is 1. The molecule has 1 aromatic carbocycles. The van der Waals surface area contributed by atoms with E-state index in [1.807, 2.05) is 24.3 Å². The Morgan fingerprint density at radius 3 is 2.57 bits per heavy atom. The van der Waals surface area contributed by atoms with Gasteiger partial charge in [-0.15, -0.1) is 0 Å². The van der Waals surface area contributed by atoms with Crippen molar-refractivity contribution in [3.05, 3.63) is 35.9 Å². The second-order valence-corrected chi connectivity index (χ2v) is 5.48. The minimum Gasteiger partial charge on any atom is -0.481 e. The molecule has 6 heteroatoms. The van der Waals surface area contributed by atoms with Crippen LogP contribution >= 0.6 is 0 Å². The lowest BCUT2D eigenvalue weighted by Crippen LogP contribution is -2.27. The van der Waals surface area contributed by atoms with Crippen molar-refractivity contribution in [2.45, 2.75) is 19.3 Å². The Balaban J connectivity index is 1.93. The van der Waals surface area contributed by atoms with Gasteiger partial charge in [0.2, 0.25) is 11.8 Å². The number of rotatable bonds is 6. The maximum atomic E-state index is 11.8. The standard InChI is InChI=1S/C17H20N2O4/c1-18(12-10-17(22)23)15(20)9-6-13-4-7-14(8-5-13)19-11-2-3-16(19)21/h4-9H,2-3,10-12H2,1H3,(H,22,23). The fraction of sp³-hybridized carbons (Fsp3) is 0.353. The minimum atomic E-state index is -0.930. The van der Waals surface area contributed by atoms with E-state index in [2.05, 4.69) is 0 Å². The van der Waals surface area contributed by atoms with Crippen LogP contribution in [0.2, 0.25) is 0 Å². The number of hydrogen-bond donors (Lipinski definition) is 1. The van der Waals surface area contributed by atoms with Crippen LogP contribution in [-0.2, 0) is 14.4 Å². The molecule has 0 atom stereocenters. The Morgan fingerprint density at radius 1 is 1.30 bits per heavy atom. The van der Waals surface area contributed by atoms with E-state index >= 15 is 0 Å². The third kappa shape index (κ3) is 4.67. The summed E-state index contributed by atoms with van der Waals surface area (Å²) in [5, 5.41) is 8.60. The summed E-state index contributed by atoms with van der Waals surface area (Å²) in [7, 11) is 1.57. The largest absolute Gasteiger partial charge is 0.481 e. The lowest BCUT2D eigenvalue weighted by molar-refractivity contribution is -0.137. The van der Waals surface area contributed by atoms with Gasteiger partial charge in [0, 0.05) is 38.3 Å². The highest BCUT2D eigenvalue weighted by atomic mass is 16.4. The molecule has 23 heavy (non-hydrogen) atoms. The number of nitrogens with zero attached hydrogens (tertiary/aromatic N) is 2. The zero-order valence-corrected chi connectivity index (χ0v) is 13.1. The molecule has 0 spiro atoms. The van der Waals surface area contributed by atoms with Gasteiger partial charge in [0.05, 0.1) is 6.42 Å². The molecular formula is C17H20N2O4. The molecule has 1 N–H and O–H groups in total. The van der Waals surface area contributed by atoms with Crippen LogP contribution in [0.5, 0.6) is 0 Å². The predicted molar refractivity (Wildman–Crippen MR) is 87.0 cm³/mol. The van der Waals surface area contributed by atoms with Gasteiger partial charge < -0.3 is 14.9 Å². The first kappa shape index (κ1) is 16.7. The summed E-state index contributed by atoms with van der Waals surface area (Å²) < 4.78 is 0. The van der Waals surface area contributed by atoms with Gasteiger partial charge in [-0.2, -0.15) is 0 Å². The highest BCUT2D eigenvalue weighted by molar-refractivity contribution is 5.95. The van der Waals surface area contributed by atoms with Gasteiger partial charge in [-0.05, 0) is 30.2 Å². The number of likely N-dealkylation sites (N-methyl/N-ethyl adjacent to an activating group) is 1. The van der Waals surface area contributed by atoms with Crippen LogP contribution in [0.15, 0.2) is 30.3 Å². The van der Waals surface area contributed by atoms with Gasteiger partial charge in [-0.1, -0.05) is 12.1 Å². The molecule has 2 amide bonds. The molecule has 0 aromatic heterocycles. The summed E-state index contributed by atoms with van der Waals surface area (Å²) in [5.74, 6) is -1.03. The highest BCUT2D eigenvalue weighted by Gasteiger charge is 2.21. The van der Waals surface area contributed by atoms with Crippen molar-refractivity contribution in [2.24, 2.45) is 0 Å². The number of benzene rings is 1. The molecule has 6 nitrogen and oxygen atoms in total. The summed E-state index contributed by atoms with van der Waals surface area (Å²) >= 11 is 0. The number of carboxylic acid groups (broad SMARTS) is 1. The number of carbonyl (C=O) groups is 3. The van der Waals surface area contributed by atoms with Gasteiger partial charge in [0.1, 0.15) is 0 Å². The lowest BCUT2D eigenvalue weighted by atomic mass is 10.2. The Hall–Kier alpha value is -2.63. The topological polar surface area (TPSA) is 77.9 Å². The Bertz CT molecular complexity index is 622. The molecule has 1 aliphatic rings. The molecular weight excluding hydrogens is 296 g/mol. The Labute approximate surface area is 135 Å². The van der Waals surface area contributed by atoms with E-state index in [0.717, 1.165) is 24.2 Å². The first-order valence-corrected chi connectivity index (χ1v) is 7.53. The summed E-state index contributed by atoms with van der Waals surface area (Å²) in [6, 6.07) is 7.42. The van der Waals surface area contributed by atoms with E-state index in [0.29, 0.717) is 6.42 Å². The van der Waals surface area contributed by atoms with E-state index in [4.69, 9.17) is 5.11 Å². The van der Waals surface area contributed by atoms with Crippen molar-refractivity contribution in [2.75, 3.05) is 25.0 Å². The monoisotopic (exact) mass is 316 g/mol. The van der Waals surface area contributed by atoms with E-state index in [1.54, 1.807) is 18.0 Å². The van der Waals surface area contributed by atoms with Crippen molar-refractivity contribution in [3.63, 3.8) is 0 Å². The van der Waals surface area contributed by atoms with E-state index in [9.17, 15) is 14.4 Å². The molecule has 0 aliphatic carbocycles. The SMILES string of the molecule is CN(CCC(=O)O)C(=O)C=Cc1ccc(N2CCCC2=O)cc1. The molecule has 1 aliphatic heterocycles. The first-order valence-electron chi connectivity index (χ1n) is 7.53. The zero-order chi connectivity index (χ0) is 16.8. The third-order valence-electron chi connectivity index (χ3n) is 3.73. The van der Waals surface area contributed by atoms with Crippen LogP contribution in [-0.4, -0.2) is 47.9 Å². The molecule has 0 unspecified atom stereocenters. The maximum absolute atomic E-state index is 11.8. The van der Waals surface area contributed by atoms with Crippen LogP contribution in [0.3, 0.4) is 0 Å². The van der Waals surface area contributed by atoms with Crippen LogP contribution in [0.1, 0.15) is 24.8 Å². The molecule has 1 heterocycles. The summed E-state index contributed by atoms with van der Waals surface area (Å²) in [6.45, 7) is 0.926. The number of hydrogen-bond acceptors (Lipinski definition) is 3. The smallest absolute Gasteiger partial charge is 0.305 e. The molecule has 122 valence electrons. The summed E-state index contributed by atoms with van der Waals surface area (Å²) in [6.07, 6.45) is 4.50. The highest BCUT2D eigenvalue weighted by Crippen LogP contribution is 2.21. The molecule has 2 rings (SSSR count). The normalized spacial score (nSPS) is 14.5. The fourth-order valence-corrected chi connectivity index (χ4v) is 2.35. The van der Waals surface area contributed by atoms with Crippen molar-refractivity contribution in [1.29, 1.82) is 0 Å². The molecule has 0 saturated carbocycles. The average molecular weight is 316 g/mol. The second kappa shape index (κ2) is 7.58. The van der Waals surface area contributed by atoms with Gasteiger partial charge in [0.25, 0.3) is 0 Å². The fourth-order valence-electron chi connectivity index (χ4n) is 2.35. The van der Waals surface area contributed by atoms with Gasteiger partial charge >= 0.3 is 5.97 Å². The predicted octanol–water partition coefficient (Wildman–Crippen LogP) is 1.76. The van der Waals surface area contributed by atoms with Crippen LogP contribution < -0.4 is 4.90 Å². The second-order valence-electron chi connectivity index (χ2n) is 5.48. The van der Waals surface area contributed by atoms with Crippen LogP contribution in [0, 0.1) is 0 Å². The van der Waals surface area contributed by atoms with Crippen LogP contribution in [0.4, 0.5) is 5.69 Å². The van der Waals surface area contributed by atoms with E-state index in [-0.39, 0.29) is 24.8 Å². The first-order chi connectivity index (χ1) is 11.0. The summed E-state index contributed by atoms with van der Waals surface area (Å²) in [5.41, 5.74) is 1.72. The van der Waals surface area contributed by atoms with Crippen molar-refractivity contribution < 1.29 is 19.5 Å². The zero-order valence-electron chi connectivity index (χ0n) is 13.1. The summed E-state index contributed by atoms with van der Waals surface area (Å²) in [4.78, 5) is 37.1. The average Bonchev–Trinajstić information content (AvgIpc) is 2.96. The van der Waals surface area contributed by atoms with Gasteiger partial charge in [-0.25, -0.2) is 0 Å². The van der Waals surface area contributed by atoms with Crippen molar-refractivity contribution in [1.82, 2.24) is 4.90 Å².